The predicted octanol–water partition coefficient (Wildman–Crippen LogP) is 0.000700. The monoisotopic (exact) mass is 220 g/mol. The van der Waals surface area contributed by atoms with Gasteiger partial charge in [-0.3, -0.25) is 9.59 Å². The fraction of sp³-hybridized carbons (Fsp3) is 0.714. The third-order valence-electron chi connectivity index (χ3n) is 1.74. The molecule has 0 spiro atoms. The topological polar surface area (TPSA) is 58.2 Å². The highest BCUT2D eigenvalue weighted by atomic mass is 33.1. The van der Waals surface area contributed by atoms with Gasteiger partial charge in [0.05, 0.1) is 0 Å². The third-order valence-corrected chi connectivity index (χ3v) is 3.56. The van der Waals surface area contributed by atoms with E-state index in [1.807, 2.05) is 6.26 Å². The lowest BCUT2D eigenvalue weighted by molar-refractivity contribution is -0.135. The second-order valence-electron chi connectivity index (χ2n) is 2.74. The second kappa shape index (κ2) is 4.76. The molecule has 6 heteroatoms. The van der Waals surface area contributed by atoms with Crippen LogP contribution >= 0.6 is 21.6 Å². The lowest BCUT2D eigenvalue weighted by Crippen LogP contribution is -2.61. The van der Waals surface area contributed by atoms with E-state index in [1.165, 1.54) is 0 Å². The number of carbonyl (C=O) groups is 2. The molecule has 1 saturated heterocycles. The minimum atomic E-state index is -0.400. The summed E-state index contributed by atoms with van der Waals surface area (Å²) in [4.78, 5) is 22.5. The van der Waals surface area contributed by atoms with Crippen LogP contribution < -0.4 is 10.6 Å². The van der Waals surface area contributed by atoms with Gasteiger partial charge in [0.15, 0.2) is 0 Å². The molecule has 2 atom stereocenters. The Morgan fingerprint density at radius 1 is 1.31 bits per heavy atom. The molecule has 2 N–H and O–H groups in total. The molecule has 1 rings (SSSR count). The van der Waals surface area contributed by atoms with E-state index < -0.39 is 6.04 Å². The summed E-state index contributed by atoms with van der Waals surface area (Å²) >= 11 is 0. The molecule has 0 radical (unpaired) electrons. The van der Waals surface area contributed by atoms with Gasteiger partial charge in [-0.25, -0.2) is 0 Å². The van der Waals surface area contributed by atoms with E-state index in [-0.39, 0.29) is 17.9 Å². The zero-order valence-corrected chi connectivity index (χ0v) is 9.13. The molecule has 1 fully saturated rings. The lowest BCUT2D eigenvalue weighted by atomic mass is 10.2. The summed E-state index contributed by atoms with van der Waals surface area (Å²) in [6.07, 6.45) is 1.94. The molecule has 0 saturated carbocycles. The van der Waals surface area contributed by atoms with Gasteiger partial charge < -0.3 is 10.6 Å². The van der Waals surface area contributed by atoms with Gasteiger partial charge in [0.1, 0.15) is 12.1 Å². The van der Waals surface area contributed by atoms with Crippen molar-refractivity contribution in [2.45, 2.75) is 19.0 Å². The molecule has 0 aromatic rings. The number of amides is 2. The van der Waals surface area contributed by atoms with Crippen LogP contribution in [-0.4, -0.2) is 35.9 Å². The molecule has 4 nitrogen and oxygen atoms in total. The fourth-order valence-electron chi connectivity index (χ4n) is 0.995. The van der Waals surface area contributed by atoms with Crippen molar-refractivity contribution in [2.75, 3.05) is 12.0 Å². The molecule has 13 heavy (non-hydrogen) atoms. The van der Waals surface area contributed by atoms with E-state index >= 15 is 0 Å². The highest BCUT2D eigenvalue weighted by Crippen LogP contribution is 2.18. The van der Waals surface area contributed by atoms with Gasteiger partial charge in [0, 0.05) is 5.75 Å². The highest BCUT2D eigenvalue weighted by molar-refractivity contribution is 8.76. The summed E-state index contributed by atoms with van der Waals surface area (Å²) in [6.45, 7) is 1.67. The smallest absolute Gasteiger partial charge is 0.244 e. The van der Waals surface area contributed by atoms with E-state index in [0.29, 0.717) is 5.75 Å². The van der Waals surface area contributed by atoms with E-state index in [9.17, 15) is 9.59 Å². The molecule has 1 unspecified atom stereocenters. The first-order chi connectivity index (χ1) is 6.15. The van der Waals surface area contributed by atoms with E-state index in [2.05, 4.69) is 10.6 Å². The van der Waals surface area contributed by atoms with Crippen molar-refractivity contribution in [1.29, 1.82) is 0 Å². The lowest BCUT2D eigenvalue weighted by Gasteiger charge is -2.26. The molecule has 2 amide bonds. The van der Waals surface area contributed by atoms with Crippen LogP contribution in [0.3, 0.4) is 0 Å². The summed E-state index contributed by atoms with van der Waals surface area (Å²) < 4.78 is 0. The number of rotatable bonds is 3. The van der Waals surface area contributed by atoms with Gasteiger partial charge in [0.25, 0.3) is 0 Å². The summed E-state index contributed by atoms with van der Waals surface area (Å²) in [5.41, 5.74) is 0. The number of piperazine rings is 1. The molecule has 1 heterocycles. The molecule has 0 aromatic heterocycles. The Balaban J connectivity index is 2.46. The van der Waals surface area contributed by atoms with Crippen molar-refractivity contribution in [2.24, 2.45) is 0 Å². The van der Waals surface area contributed by atoms with Crippen LogP contribution in [0.4, 0.5) is 0 Å². The van der Waals surface area contributed by atoms with Crippen LogP contribution in [0.2, 0.25) is 0 Å². The molecular weight excluding hydrogens is 208 g/mol. The van der Waals surface area contributed by atoms with Gasteiger partial charge >= 0.3 is 0 Å². The Morgan fingerprint density at radius 2 is 2.00 bits per heavy atom. The second-order valence-corrected chi connectivity index (χ2v) is 5.35. The number of carbonyl (C=O) groups excluding carboxylic acids is 2. The van der Waals surface area contributed by atoms with Crippen molar-refractivity contribution in [1.82, 2.24) is 10.6 Å². The van der Waals surface area contributed by atoms with Crippen LogP contribution in [0.15, 0.2) is 0 Å². The van der Waals surface area contributed by atoms with Gasteiger partial charge in [-0.15, -0.1) is 0 Å². The fourth-order valence-corrected chi connectivity index (χ4v) is 2.32. The summed E-state index contributed by atoms with van der Waals surface area (Å²) in [7, 11) is 3.15. The maximum absolute atomic E-state index is 11.3. The summed E-state index contributed by atoms with van der Waals surface area (Å²) in [6, 6.07) is -0.774. The van der Waals surface area contributed by atoms with E-state index in [1.54, 1.807) is 28.5 Å². The number of nitrogens with one attached hydrogen (secondary N) is 2. The largest absolute Gasteiger partial charge is 0.343 e. The standard InChI is InChI=1S/C7H12N2O2S2/c1-4-6(10)9-5(3-13-12-2)7(11)8-4/h4-5H,3H2,1-2H3,(H,8,11)(H,9,10)/t4?,5-/m0/s1. The van der Waals surface area contributed by atoms with Crippen LogP contribution in [0.5, 0.6) is 0 Å². The van der Waals surface area contributed by atoms with Crippen LogP contribution in [0, 0.1) is 0 Å². The Hall–Kier alpha value is -0.360. The first kappa shape index (κ1) is 10.7. The van der Waals surface area contributed by atoms with Crippen molar-refractivity contribution < 1.29 is 9.59 Å². The molecule has 1 aliphatic rings. The zero-order valence-electron chi connectivity index (χ0n) is 7.49. The normalized spacial score (nSPS) is 28.2. The maximum atomic E-state index is 11.3. The molecule has 0 aromatic carbocycles. The SMILES string of the molecule is CSSC[C@@H]1NC(=O)C(C)NC1=O. The quantitative estimate of drug-likeness (QED) is 0.657. The van der Waals surface area contributed by atoms with Gasteiger partial charge in [-0.1, -0.05) is 21.6 Å². The predicted molar refractivity (Wildman–Crippen MR) is 55.5 cm³/mol. The Kier molecular flexibility index (Phi) is 3.92. The molecular formula is C7H12N2O2S2. The number of hydrogen-bond acceptors (Lipinski definition) is 4. The van der Waals surface area contributed by atoms with Crippen molar-refractivity contribution in [3.05, 3.63) is 0 Å². The first-order valence-corrected chi connectivity index (χ1v) is 6.64. The molecule has 0 aliphatic carbocycles. The molecule has 74 valence electrons. The minimum Gasteiger partial charge on any atom is -0.343 e. The first-order valence-electron chi connectivity index (χ1n) is 3.91. The number of hydrogen-bond donors (Lipinski definition) is 2. The summed E-state index contributed by atoms with van der Waals surface area (Å²) in [5, 5.41) is 5.28. The van der Waals surface area contributed by atoms with Crippen molar-refractivity contribution in [3.63, 3.8) is 0 Å². The van der Waals surface area contributed by atoms with Crippen LogP contribution in [-0.2, 0) is 9.59 Å². The maximum Gasteiger partial charge on any atom is 0.244 e. The van der Waals surface area contributed by atoms with E-state index in [4.69, 9.17) is 0 Å². The average molecular weight is 220 g/mol. The Bertz CT molecular complexity index is 223. The Labute approximate surface area is 85.0 Å². The van der Waals surface area contributed by atoms with Gasteiger partial charge in [0.2, 0.25) is 11.8 Å². The zero-order chi connectivity index (χ0) is 9.84. The van der Waals surface area contributed by atoms with Gasteiger partial charge in [-0.05, 0) is 13.2 Å². The Morgan fingerprint density at radius 3 is 2.62 bits per heavy atom. The van der Waals surface area contributed by atoms with Crippen LogP contribution in [0.1, 0.15) is 6.92 Å². The van der Waals surface area contributed by atoms with Crippen molar-refractivity contribution >= 4 is 33.4 Å². The van der Waals surface area contributed by atoms with Gasteiger partial charge in [-0.2, -0.15) is 0 Å². The molecule has 0 bridgehead atoms. The van der Waals surface area contributed by atoms with E-state index in [0.717, 1.165) is 0 Å². The molecule has 1 aliphatic heterocycles. The summed E-state index contributed by atoms with van der Waals surface area (Å²) in [5.74, 6) is 0.422. The minimum absolute atomic E-state index is 0.0892. The third kappa shape index (κ3) is 2.80. The van der Waals surface area contributed by atoms with Crippen molar-refractivity contribution in [3.8, 4) is 0 Å². The van der Waals surface area contributed by atoms with Crippen LogP contribution in [0.25, 0.3) is 0 Å². The average Bonchev–Trinajstić information content (AvgIpc) is 2.09. The highest BCUT2D eigenvalue weighted by Gasteiger charge is 2.30.